The van der Waals surface area contributed by atoms with Gasteiger partial charge < -0.3 is 10.2 Å². The number of rotatable bonds is 7. The second kappa shape index (κ2) is 11.0. The van der Waals surface area contributed by atoms with E-state index in [1.54, 1.807) is 18.3 Å². The molecule has 1 saturated heterocycles. The van der Waals surface area contributed by atoms with Crippen LogP contribution in [-0.4, -0.2) is 37.9 Å². The van der Waals surface area contributed by atoms with Gasteiger partial charge in [0.2, 0.25) is 0 Å². The first-order chi connectivity index (χ1) is 19.5. The molecule has 0 spiro atoms. The Kier molecular flexibility index (Phi) is 7.13. The predicted octanol–water partition coefficient (Wildman–Crippen LogP) is 6.19. The first kappa shape index (κ1) is 25.9. The number of hydrogen-bond donors (Lipinski definition) is 1. The molecular weight excluding hydrogens is 518 g/mol. The zero-order valence-corrected chi connectivity index (χ0v) is 22.9. The van der Waals surface area contributed by atoms with Crippen LogP contribution in [0.4, 0.5) is 5.69 Å². The lowest BCUT2D eigenvalue weighted by molar-refractivity contribution is 0.0945. The SMILES string of the molecule is O=C(NCC1CCN(c2ccccc2)CC1)c1ccc(S(=O)(=O)n2cc(-c3ccccc3)c3ccccc32)cc1. The average molecular weight is 550 g/mol. The van der Waals surface area contributed by atoms with Crippen LogP contribution in [0.3, 0.4) is 0 Å². The van der Waals surface area contributed by atoms with Crippen molar-refractivity contribution in [1.29, 1.82) is 0 Å². The largest absolute Gasteiger partial charge is 0.372 e. The Morgan fingerprint density at radius 2 is 1.40 bits per heavy atom. The van der Waals surface area contributed by atoms with Crippen molar-refractivity contribution < 1.29 is 13.2 Å². The van der Waals surface area contributed by atoms with Gasteiger partial charge >= 0.3 is 0 Å². The fourth-order valence-corrected chi connectivity index (χ4v) is 6.83. The van der Waals surface area contributed by atoms with Crippen LogP contribution in [0.2, 0.25) is 0 Å². The number of amides is 1. The molecule has 4 aromatic carbocycles. The summed E-state index contributed by atoms with van der Waals surface area (Å²) in [6, 6.07) is 33.8. The van der Waals surface area contributed by atoms with E-state index < -0.39 is 10.0 Å². The minimum absolute atomic E-state index is 0.137. The van der Waals surface area contributed by atoms with Gasteiger partial charge in [-0.15, -0.1) is 0 Å². The fourth-order valence-electron chi connectivity index (χ4n) is 5.46. The van der Waals surface area contributed by atoms with Gasteiger partial charge in [0, 0.05) is 48.0 Å². The highest BCUT2D eigenvalue weighted by Gasteiger charge is 2.23. The first-order valence-electron chi connectivity index (χ1n) is 13.6. The molecule has 1 fully saturated rings. The van der Waals surface area contributed by atoms with Crippen LogP contribution in [0.25, 0.3) is 22.0 Å². The molecule has 7 heteroatoms. The van der Waals surface area contributed by atoms with Gasteiger partial charge in [-0.25, -0.2) is 12.4 Å². The predicted molar refractivity (Wildman–Crippen MR) is 160 cm³/mol. The number of anilines is 1. The second-order valence-corrected chi connectivity index (χ2v) is 12.0. The molecular formula is C33H31N3O3S. The van der Waals surface area contributed by atoms with Gasteiger partial charge in [0.25, 0.3) is 15.9 Å². The van der Waals surface area contributed by atoms with Gasteiger partial charge in [0.1, 0.15) is 0 Å². The molecule has 0 saturated carbocycles. The highest BCUT2D eigenvalue weighted by Crippen LogP contribution is 2.33. The molecule has 0 unspecified atom stereocenters. The number of nitrogens with zero attached hydrogens (tertiary/aromatic N) is 2. The minimum Gasteiger partial charge on any atom is -0.372 e. The Bertz CT molecular complexity index is 1720. The Morgan fingerprint density at radius 1 is 0.775 bits per heavy atom. The molecule has 6 nitrogen and oxygen atoms in total. The number of hydrogen-bond acceptors (Lipinski definition) is 4. The maximum atomic E-state index is 13.7. The van der Waals surface area contributed by atoms with Gasteiger partial charge in [-0.05, 0) is 66.8 Å². The highest BCUT2D eigenvalue weighted by molar-refractivity contribution is 7.90. The van der Waals surface area contributed by atoms with Crippen molar-refractivity contribution in [3.8, 4) is 11.1 Å². The van der Waals surface area contributed by atoms with E-state index in [1.807, 2.05) is 60.7 Å². The molecule has 0 bridgehead atoms. The first-order valence-corrected chi connectivity index (χ1v) is 15.0. The smallest absolute Gasteiger partial charge is 0.268 e. The van der Waals surface area contributed by atoms with Gasteiger partial charge in [0.05, 0.1) is 10.4 Å². The third-order valence-corrected chi connectivity index (χ3v) is 9.41. The highest BCUT2D eigenvalue weighted by atomic mass is 32.2. The maximum absolute atomic E-state index is 13.7. The molecule has 0 aliphatic carbocycles. The lowest BCUT2D eigenvalue weighted by Gasteiger charge is -2.33. The molecule has 0 radical (unpaired) electrons. The van der Waals surface area contributed by atoms with Crippen LogP contribution >= 0.6 is 0 Å². The van der Waals surface area contributed by atoms with Crippen molar-refractivity contribution >= 4 is 32.5 Å². The number of carbonyl (C=O) groups is 1. The van der Waals surface area contributed by atoms with E-state index in [0.29, 0.717) is 23.5 Å². The van der Waals surface area contributed by atoms with Crippen molar-refractivity contribution in [3.05, 3.63) is 121 Å². The number of benzene rings is 4. The summed E-state index contributed by atoms with van der Waals surface area (Å²) in [4.78, 5) is 15.4. The number of carbonyl (C=O) groups excluding carboxylic acids is 1. The molecule has 1 aromatic heterocycles. The minimum atomic E-state index is -3.87. The lowest BCUT2D eigenvalue weighted by Crippen LogP contribution is -2.38. The molecule has 1 amide bonds. The number of aromatic nitrogens is 1. The van der Waals surface area contributed by atoms with Crippen molar-refractivity contribution in [1.82, 2.24) is 9.29 Å². The summed E-state index contributed by atoms with van der Waals surface area (Å²) < 4.78 is 28.7. The summed E-state index contributed by atoms with van der Waals surface area (Å²) in [5.41, 5.74) is 4.10. The summed E-state index contributed by atoms with van der Waals surface area (Å²) in [6.45, 7) is 2.55. The summed E-state index contributed by atoms with van der Waals surface area (Å²) in [6.07, 6.45) is 3.71. The van der Waals surface area contributed by atoms with Crippen LogP contribution in [0.15, 0.2) is 120 Å². The van der Waals surface area contributed by atoms with Crippen LogP contribution in [0.5, 0.6) is 0 Å². The quantitative estimate of drug-likeness (QED) is 0.263. The summed E-state index contributed by atoms with van der Waals surface area (Å²) in [5.74, 6) is 0.233. The second-order valence-electron chi connectivity index (χ2n) is 10.2. The number of piperidine rings is 1. The molecule has 40 heavy (non-hydrogen) atoms. The lowest BCUT2D eigenvalue weighted by atomic mass is 9.96. The number of nitrogens with one attached hydrogen (secondary N) is 1. The molecule has 1 aliphatic rings. The van der Waals surface area contributed by atoms with Crippen molar-refractivity contribution in [2.75, 3.05) is 24.5 Å². The molecule has 5 aromatic rings. The van der Waals surface area contributed by atoms with E-state index in [-0.39, 0.29) is 10.8 Å². The van der Waals surface area contributed by atoms with E-state index in [0.717, 1.165) is 42.4 Å². The normalized spacial score (nSPS) is 14.3. The molecule has 2 heterocycles. The van der Waals surface area contributed by atoms with Crippen LogP contribution in [0, 0.1) is 5.92 Å². The van der Waals surface area contributed by atoms with Crippen LogP contribution in [-0.2, 0) is 10.0 Å². The summed E-state index contributed by atoms with van der Waals surface area (Å²) in [5, 5.41) is 3.91. The average Bonchev–Trinajstić information content (AvgIpc) is 3.42. The summed E-state index contributed by atoms with van der Waals surface area (Å²) in [7, 11) is -3.87. The van der Waals surface area contributed by atoms with E-state index >= 15 is 0 Å². The van der Waals surface area contributed by atoms with E-state index in [2.05, 4.69) is 34.5 Å². The monoisotopic (exact) mass is 549 g/mol. The fraction of sp³-hybridized carbons (Fsp3) is 0.182. The molecule has 1 N–H and O–H groups in total. The van der Waals surface area contributed by atoms with Crippen molar-refractivity contribution in [3.63, 3.8) is 0 Å². The van der Waals surface area contributed by atoms with Crippen molar-refractivity contribution in [2.24, 2.45) is 5.92 Å². The molecule has 6 rings (SSSR count). The number of fused-ring (bicyclic) bond motifs is 1. The van der Waals surface area contributed by atoms with Crippen LogP contribution in [0.1, 0.15) is 23.2 Å². The third kappa shape index (κ3) is 5.12. The van der Waals surface area contributed by atoms with Crippen LogP contribution < -0.4 is 10.2 Å². The van der Waals surface area contributed by atoms with E-state index in [9.17, 15) is 13.2 Å². The van der Waals surface area contributed by atoms with Crippen molar-refractivity contribution in [2.45, 2.75) is 17.7 Å². The Morgan fingerprint density at radius 3 is 2.10 bits per heavy atom. The Balaban J connectivity index is 1.14. The molecule has 202 valence electrons. The van der Waals surface area contributed by atoms with Gasteiger partial charge in [-0.2, -0.15) is 0 Å². The Hall–Kier alpha value is -4.36. The number of para-hydroxylation sites is 2. The van der Waals surface area contributed by atoms with E-state index in [1.165, 1.54) is 21.8 Å². The van der Waals surface area contributed by atoms with Gasteiger partial charge in [0.15, 0.2) is 0 Å². The standard InChI is InChI=1S/C33H31N3O3S/c37-33(34-23-25-19-21-35(22-20-25)28-11-5-2-6-12-28)27-15-17-29(18-16-27)40(38,39)36-24-31(26-9-3-1-4-10-26)30-13-7-8-14-32(30)36/h1-18,24-25H,19-23H2,(H,34,37). The molecule has 1 aliphatic heterocycles. The summed E-state index contributed by atoms with van der Waals surface area (Å²) >= 11 is 0. The van der Waals surface area contributed by atoms with Gasteiger partial charge in [-0.1, -0.05) is 66.7 Å². The topological polar surface area (TPSA) is 71.4 Å². The molecule has 0 atom stereocenters. The Labute approximate surface area is 234 Å². The zero-order valence-electron chi connectivity index (χ0n) is 22.1. The van der Waals surface area contributed by atoms with Gasteiger partial charge in [-0.3, -0.25) is 4.79 Å². The third-order valence-electron chi connectivity index (χ3n) is 7.72. The van der Waals surface area contributed by atoms with E-state index in [4.69, 9.17) is 0 Å². The zero-order chi connectivity index (χ0) is 27.5. The maximum Gasteiger partial charge on any atom is 0.268 e.